The monoisotopic (exact) mass is 314 g/mol. The third-order valence-corrected chi connectivity index (χ3v) is 3.50. The molecule has 0 N–H and O–H groups in total. The van der Waals surface area contributed by atoms with Crippen LogP contribution in [0.2, 0.25) is 0 Å². The summed E-state index contributed by atoms with van der Waals surface area (Å²) in [4.78, 5) is 0. The van der Waals surface area contributed by atoms with E-state index in [0.29, 0.717) is 17.1 Å². The fourth-order valence-electron chi connectivity index (χ4n) is 2.29. The Morgan fingerprint density at radius 3 is 2.38 bits per heavy atom. The first kappa shape index (κ1) is 15.3. The topological polar surface area (TPSA) is 60.7 Å². The zero-order valence-corrected chi connectivity index (χ0v) is 12.5. The van der Waals surface area contributed by atoms with Crippen molar-refractivity contribution in [3.8, 4) is 23.5 Å². The molecule has 0 aliphatic heterocycles. The van der Waals surface area contributed by atoms with Crippen LogP contribution in [-0.2, 0) is 0 Å². The second-order valence-corrected chi connectivity index (χ2v) is 5.04. The van der Waals surface area contributed by atoms with Crippen molar-refractivity contribution in [1.82, 2.24) is 0 Å². The van der Waals surface area contributed by atoms with Crippen LogP contribution in [-0.4, -0.2) is 0 Å². The normalized spacial score (nSPS) is 10.9. The molecule has 3 nitrogen and oxygen atoms in total. The molecule has 114 valence electrons. The van der Waals surface area contributed by atoms with Gasteiger partial charge in [0.05, 0.1) is 23.3 Å². The Kier molecular flexibility index (Phi) is 4.23. The molecule has 0 saturated heterocycles. The van der Waals surface area contributed by atoms with Crippen molar-refractivity contribution < 1.29 is 8.81 Å². The molecule has 0 unspecified atom stereocenters. The molecule has 0 atom stereocenters. The fraction of sp³-hybridized carbons (Fsp3) is 0. The number of nitriles is 2. The molecule has 0 bridgehead atoms. The molecular weight excluding hydrogens is 303 g/mol. The van der Waals surface area contributed by atoms with E-state index in [9.17, 15) is 9.65 Å². The second kappa shape index (κ2) is 6.64. The molecule has 0 fully saturated rings. The van der Waals surface area contributed by atoms with Crippen molar-refractivity contribution in [2.75, 3.05) is 0 Å². The summed E-state index contributed by atoms with van der Waals surface area (Å²) in [6.45, 7) is 0. The highest BCUT2D eigenvalue weighted by molar-refractivity contribution is 5.89. The number of hydrogen-bond acceptors (Lipinski definition) is 3. The zero-order chi connectivity index (χ0) is 16.9. The van der Waals surface area contributed by atoms with E-state index >= 15 is 0 Å². The Morgan fingerprint density at radius 2 is 1.71 bits per heavy atom. The Labute approximate surface area is 138 Å². The van der Waals surface area contributed by atoms with Crippen LogP contribution >= 0.6 is 0 Å². The summed E-state index contributed by atoms with van der Waals surface area (Å²) in [5, 5.41) is 18.1. The maximum Gasteiger partial charge on any atom is 0.134 e. The lowest BCUT2D eigenvalue weighted by Crippen LogP contribution is -1.86. The lowest BCUT2D eigenvalue weighted by molar-refractivity contribution is 0.572. The van der Waals surface area contributed by atoms with Crippen LogP contribution in [0.25, 0.3) is 23.0 Å². The van der Waals surface area contributed by atoms with Crippen LogP contribution in [0.4, 0.5) is 4.39 Å². The first-order valence-electron chi connectivity index (χ1n) is 7.18. The van der Waals surface area contributed by atoms with Gasteiger partial charge in [-0.15, -0.1) is 0 Å². The van der Waals surface area contributed by atoms with Crippen LogP contribution in [0, 0.1) is 28.5 Å². The molecular formula is C20H11FN2O. The molecule has 0 amide bonds. The van der Waals surface area contributed by atoms with Gasteiger partial charge in [-0.25, -0.2) is 4.39 Å². The minimum Gasteiger partial charge on any atom is -0.457 e. The number of furan rings is 1. The summed E-state index contributed by atoms with van der Waals surface area (Å²) in [5.41, 5.74) is 1.81. The van der Waals surface area contributed by atoms with E-state index in [0.717, 1.165) is 5.56 Å². The Hall–Kier alpha value is -3.63. The van der Waals surface area contributed by atoms with Gasteiger partial charge in [-0.2, -0.15) is 10.5 Å². The van der Waals surface area contributed by atoms with E-state index in [2.05, 4.69) is 6.07 Å². The Morgan fingerprint density at radius 1 is 0.958 bits per heavy atom. The number of allylic oxidation sites excluding steroid dienone is 1. The largest absolute Gasteiger partial charge is 0.457 e. The van der Waals surface area contributed by atoms with Gasteiger partial charge in [0.25, 0.3) is 0 Å². The average molecular weight is 314 g/mol. The highest BCUT2D eigenvalue weighted by Gasteiger charge is 2.09. The molecule has 3 aromatic rings. The Balaban J connectivity index is 1.94. The van der Waals surface area contributed by atoms with E-state index in [1.165, 1.54) is 12.1 Å². The lowest BCUT2D eigenvalue weighted by Gasteiger charge is -2.00. The molecule has 0 spiro atoms. The van der Waals surface area contributed by atoms with Gasteiger partial charge in [-0.1, -0.05) is 18.2 Å². The molecule has 2 aromatic carbocycles. The summed E-state index contributed by atoms with van der Waals surface area (Å²) >= 11 is 0. The van der Waals surface area contributed by atoms with Gasteiger partial charge in [0.15, 0.2) is 0 Å². The number of halogens is 1. The fourth-order valence-corrected chi connectivity index (χ4v) is 2.29. The summed E-state index contributed by atoms with van der Waals surface area (Å²) in [6, 6.07) is 20.6. The summed E-state index contributed by atoms with van der Waals surface area (Å²) in [6.07, 6.45) is 1.51. The first-order chi connectivity index (χ1) is 11.7. The van der Waals surface area contributed by atoms with Crippen molar-refractivity contribution in [3.63, 3.8) is 0 Å². The van der Waals surface area contributed by atoms with E-state index < -0.39 is 5.82 Å². The number of hydrogen-bond donors (Lipinski definition) is 0. The second-order valence-electron chi connectivity index (χ2n) is 5.04. The van der Waals surface area contributed by atoms with Gasteiger partial charge in [-0.05, 0) is 48.5 Å². The smallest absolute Gasteiger partial charge is 0.134 e. The van der Waals surface area contributed by atoms with Gasteiger partial charge >= 0.3 is 0 Å². The van der Waals surface area contributed by atoms with Crippen molar-refractivity contribution in [2.24, 2.45) is 0 Å². The summed E-state index contributed by atoms with van der Waals surface area (Å²) < 4.78 is 19.5. The van der Waals surface area contributed by atoms with Crippen LogP contribution in [0.5, 0.6) is 0 Å². The molecule has 1 aromatic heterocycles. The number of rotatable bonds is 3. The van der Waals surface area contributed by atoms with Crippen molar-refractivity contribution in [1.29, 1.82) is 10.5 Å². The Bertz CT molecular complexity index is 985. The van der Waals surface area contributed by atoms with E-state index in [1.807, 2.05) is 6.07 Å². The number of nitrogens with zero attached hydrogens (tertiary/aromatic N) is 2. The van der Waals surface area contributed by atoms with E-state index in [4.69, 9.17) is 9.68 Å². The maximum absolute atomic E-state index is 13.8. The van der Waals surface area contributed by atoms with Gasteiger partial charge in [-0.3, -0.25) is 0 Å². The minimum atomic E-state index is -0.454. The quantitative estimate of drug-likeness (QED) is 0.638. The van der Waals surface area contributed by atoms with Gasteiger partial charge in [0.1, 0.15) is 17.3 Å². The highest BCUT2D eigenvalue weighted by atomic mass is 19.1. The van der Waals surface area contributed by atoms with Crippen molar-refractivity contribution in [3.05, 3.63) is 83.4 Å². The molecule has 0 aliphatic rings. The zero-order valence-electron chi connectivity index (χ0n) is 12.5. The number of benzene rings is 2. The third kappa shape index (κ3) is 3.09. The summed E-state index contributed by atoms with van der Waals surface area (Å²) in [7, 11) is 0. The predicted octanol–water partition coefficient (Wildman–Crippen LogP) is 5.02. The predicted molar refractivity (Wildman–Crippen MR) is 88.7 cm³/mol. The van der Waals surface area contributed by atoms with Crippen LogP contribution in [0.15, 0.2) is 65.1 Å². The SMILES string of the molecule is N#CC(=Cc1ccc(-c2ccc(C#N)cc2)o1)c1ccccc1F. The third-order valence-electron chi connectivity index (χ3n) is 3.50. The van der Waals surface area contributed by atoms with Gasteiger partial charge < -0.3 is 4.42 Å². The van der Waals surface area contributed by atoms with Crippen LogP contribution in [0.3, 0.4) is 0 Å². The first-order valence-corrected chi connectivity index (χ1v) is 7.18. The molecule has 0 saturated carbocycles. The average Bonchev–Trinajstić information content (AvgIpc) is 3.09. The van der Waals surface area contributed by atoms with Crippen molar-refractivity contribution in [2.45, 2.75) is 0 Å². The minimum absolute atomic E-state index is 0.189. The molecule has 24 heavy (non-hydrogen) atoms. The van der Waals surface area contributed by atoms with E-state index in [-0.39, 0.29) is 11.1 Å². The molecule has 0 radical (unpaired) electrons. The van der Waals surface area contributed by atoms with Crippen molar-refractivity contribution >= 4 is 11.6 Å². The standard InChI is InChI=1S/C20H11FN2O/c21-19-4-2-1-3-18(19)16(13-23)11-17-9-10-20(24-17)15-7-5-14(12-22)6-8-15/h1-11H. The maximum atomic E-state index is 13.8. The lowest BCUT2D eigenvalue weighted by atomic mass is 10.1. The summed E-state index contributed by atoms with van der Waals surface area (Å²) in [5.74, 6) is 0.606. The van der Waals surface area contributed by atoms with E-state index in [1.54, 1.807) is 54.6 Å². The van der Waals surface area contributed by atoms with Crippen LogP contribution in [0.1, 0.15) is 16.9 Å². The van der Waals surface area contributed by atoms with Crippen LogP contribution < -0.4 is 0 Å². The molecule has 0 aliphatic carbocycles. The molecule has 1 heterocycles. The molecule has 3 rings (SSSR count). The van der Waals surface area contributed by atoms with Gasteiger partial charge in [0, 0.05) is 11.1 Å². The molecule has 4 heteroatoms. The van der Waals surface area contributed by atoms with Gasteiger partial charge in [0.2, 0.25) is 0 Å². The highest BCUT2D eigenvalue weighted by Crippen LogP contribution is 2.26.